The minimum absolute atomic E-state index is 0.00944. The number of hydrogen-bond acceptors (Lipinski definition) is 3. The third kappa shape index (κ3) is 2.81. The highest BCUT2D eigenvalue weighted by molar-refractivity contribution is 6.06. The third-order valence-corrected chi connectivity index (χ3v) is 3.47. The summed E-state index contributed by atoms with van der Waals surface area (Å²) in [6.45, 7) is 0. The number of carbonyl (C=O) groups excluding carboxylic acids is 2. The molecule has 1 aromatic heterocycles. The summed E-state index contributed by atoms with van der Waals surface area (Å²) in [5, 5.41) is 0. The van der Waals surface area contributed by atoms with Gasteiger partial charge in [0.25, 0.3) is 0 Å². The lowest BCUT2D eigenvalue weighted by Gasteiger charge is -2.19. The van der Waals surface area contributed by atoms with Gasteiger partial charge in [-0.3, -0.25) is 9.59 Å². The molecule has 0 atom stereocenters. The Morgan fingerprint density at radius 3 is 2.65 bits per heavy atom. The smallest absolute Gasteiger partial charge is 0.205 e. The highest BCUT2D eigenvalue weighted by atomic mass is 16.1. The van der Waals surface area contributed by atoms with E-state index in [0.717, 1.165) is 25.7 Å². The molecule has 2 rings (SSSR count). The van der Waals surface area contributed by atoms with Crippen LogP contribution in [0, 0.1) is 5.92 Å². The van der Waals surface area contributed by atoms with Crippen molar-refractivity contribution in [3.8, 4) is 0 Å². The Bertz CT molecular complexity index is 417. The van der Waals surface area contributed by atoms with Gasteiger partial charge < -0.3 is 4.57 Å². The van der Waals surface area contributed by atoms with Crippen molar-refractivity contribution in [2.45, 2.75) is 38.5 Å². The molecule has 92 valence electrons. The van der Waals surface area contributed by atoms with Gasteiger partial charge in [0.15, 0.2) is 5.82 Å². The number of aromatic nitrogens is 2. The van der Waals surface area contributed by atoms with E-state index < -0.39 is 0 Å². The summed E-state index contributed by atoms with van der Waals surface area (Å²) in [4.78, 5) is 27.8. The summed E-state index contributed by atoms with van der Waals surface area (Å²) < 4.78 is 1.66. The Kier molecular flexibility index (Phi) is 3.71. The van der Waals surface area contributed by atoms with Gasteiger partial charge in [0.2, 0.25) is 5.78 Å². The summed E-state index contributed by atoms with van der Waals surface area (Å²) in [5.41, 5.74) is 0. The van der Waals surface area contributed by atoms with E-state index in [9.17, 15) is 9.59 Å². The van der Waals surface area contributed by atoms with Crippen molar-refractivity contribution in [3.63, 3.8) is 0 Å². The van der Waals surface area contributed by atoms with Crippen LogP contribution < -0.4 is 0 Å². The number of imidazole rings is 1. The minimum atomic E-state index is -0.159. The molecule has 1 aromatic rings. The van der Waals surface area contributed by atoms with Gasteiger partial charge in [-0.05, 0) is 12.8 Å². The van der Waals surface area contributed by atoms with E-state index in [1.165, 1.54) is 6.42 Å². The Hall–Kier alpha value is -1.45. The normalized spacial score (nSPS) is 17.0. The van der Waals surface area contributed by atoms with Gasteiger partial charge >= 0.3 is 0 Å². The number of hydrogen-bond donors (Lipinski definition) is 0. The average Bonchev–Trinajstić information content (AvgIpc) is 2.76. The van der Waals surface area contributed by atoms with Crippen molar-refractivity contribution in [1.82, 2.24) is 9.55 Å². The molecule has 1 aliphatic rings. The lowest BCUT2D eigenvalue weighted by Crippen LogP contribution is -2.21. The molecule has 1 aliphatic carbocycles. The van der Waals surface area contributed by atoms with Crippen LogP contribution in [0.2, 0.25) is 0 Å². The summed E-state index contributed by atoms with van der Waals surface area (Å²) in [7, 11) is 1.77. The van der Waals surface area contributed by atoms with E-state index in [1.54, 1.807) is 24.0 Å². The molecule has 0 bridgehead atoms. The zero-order valence-electron chi connectivity index (χ0n) is 10.2. The first kappa shape index (κ1) is 12.0. The molecule has 0 amide bonds. The fourth-order valence-corrected chi connectivity index (χ4v) is 2.44. The molecule has 4 heteroatoms. The van der Waals surface area contributed by atoms with Crippen LogP contribution in [0.5, 0.6) is 0 Å². The van der Waals surface area contributed by atoms with E-state index in [0.29, 0.717) is 5.82 Å². The number of carbonyl (C=O) groups is 2. The van der Waals surface area contributed by atoms with Crippen LogP contribution in [0.25, 0.3) is 0 Å². The summed E-state index contributed by atoms with van der Waals surface area (Å²) >= 11 is 0. The van der Waals surface area contributed by atoms with Crippen molar-refractivity contribution in [1.29, 1.82) is 0 Å². The quantitative estimate of drug-likeness (QED) is 0.592. The molecule has 0 aliphatic heterocycles. The largest absolute Gasteiger partial charge is 0.332 e. The highest BCUT2D eigenvalue weighted by Gasteiger charge is 2.24. The van der Waals surface area contributed by atoms with Crippen LogP contribution in [0.15, 0.2) is 12.4 Å². The molecule has 1 heterocycles. The average molecular weight is 234 g/mol. The van der Waals surface area contributed by atoms with Gasteiger partial charge in [0, 0.05) is 25.4 Å². The number of Topliss-reactive ketones (excluding diaryl/α,β-unsaturated/α-hetero) is 2. The fourth-order valence-electron chi connectivity index (χ4n) is 2.44. The van der Waals surface area contributed by atoms with E-state index in [4.69, 9.17) is 0 Å². The van der Waals surface area contributed by atoms with E-state index in [-0.39, 0.29) is 23.9 Å². The lowest BCUT2D eigenvalue weighted by atomic mass is 9.84. The first-order valence-electron chi connectivity index (χ1n) is 6.21. The van der Waals surface area contributed by atoms with Gasteiger partial charge in [-0.1, -0.05) is 19.3 Å². The number of nitrogens with zero attached hydrogens (tertiary/aromatic N) is 2. The Morgan fingerprint density at radius 2 is 2.06 bits per heavy atom. The molecular weight excluding hydrogens is 216 g/mol. The Morgan fingerprint density at radius 1 is 1.35 bits per heavy atom. The maximum Gasteiger partial charge on any atom is 0.205 e. The third-order valence-electron chi connectivity index (χ3n) is 3.47. The van der Waals surface area contributed by atoms with Crippen molar-refractivity contribution < 1.29 is 9.59 Å². The molecule has 0 aromatic carbocycles. The van der Waals surface area contributed by atoms with Gasteiger partial charge in [-0.2, -0.15) is 0 Å². The second kappa shape index (κ2) is 5.25. The zero-order chi connectivity index (χ0) is 12.3. The minimum Gasteiger partial charge on any atom is -0.332 e. The summed E-state index contributed by atoms with van der Waals surface area (Å²) in [6, 6.07) is 0. The van der Waals surface area contributed by atoms with Crippen LogP contribution in [0.4, 0.5) is 0 Å². The molecule has 0 spiro atoms. The van der Waals surface area contributed by atoms with Crippen molar-refractivity contribution in [3.05, 3.63) is 18.2 Å². The summed E-state index contributed by atoms with van der Waals surface area (Å²) in [6.07, 6.45) is 8.67. The fraction of sp³-hybridized carbons (Fsp3) is 0.615. The van der Waals surface area contributed by atoms with Crippen molar-refractivity contribution in [2.75, 3.05) is 0 Å². The van der Waals surface area contributed by atoms with Crippen molar-refractivity contribution in [2.24, 2.45) is 13.0 Å². The number of ketones is 2. The molecule has 1 fully saturated rings. The predicted molar refractivity (Wildman–Crippen MR) is 63.7 cm³/mol. The highest BCUT2D eigenvalue weighted by Crippen LogP contribution is 2.25. The maximum atomic E-state index is 12.0. The monoisotopic (exact) mass is 234 g/mol. The van der Waals surface area contributed by atoms with Crippen LogP contribution >= 0.6 is 0 Å². The molecule has 4 nitrogen and oxygen atoms in total. The lowest BCUT2D eigenvalue weighted by molar-refractivity contribution is -0.122. The number of rotatable bonds is 4. The zero-order valence-corrected chi connectivity index (χ0v) is 10.2. The van der Waals surface area contributed by atoms with Gasteiger partial charge in [0.05, 0.1) is 6.42 Å². The van der Waals surface area contributed by atoms with Crippen molar-refractivity contribution >= 4 is 11.6 Å². The van der Waals surface area contributed by atoms with Crippen LogP contribution in [0.3, 0.4) is 0 Å². The molecule has 0 saturated heterocycles. The first-order valence-corrected chi connectivity index (χ1v) is 6.21. The van der Waals surface area contributed by atoms with Gasteiger partial charge in [-0.15, -0.1) is 0 Å². The topological polar surface area (TPSA) is 52.0 Å². The van der Waals surface area contributed by atoms with Gasteiger partial charge in [0.1, 0.15) is 5.78 Å². The van der Waals surface area contributed by atoms with Gasteiger partial charge in [-0.25, -0.2) is 4.98 Å². The van der Waals surface area contributed by atoms with Crippen LogP contribution in [-0.4, -0.2) is 21.1 Å². The first-order chi connectivity index (χ1) is 8.18. The standard InChI is InChI=1S/C13H18N2O2/c1-15-8-7-14-13(15)12(17)9-11(16)10-5-3-2-4-6-10/h7-8,10H,2-6,9H2,1H3. The van der Waals surface area contributed by atoms with Crippen LogP contribution in [-0.2, 0) is 11.8 Å². The molecule has 0 unspecified atom stereocenters. The Labute approximate surface area is 101 Å². The molecule has 1 saturated carbocycles. The molecule has 0 N–H and O–H groups in total. The molecule has 0 radical (unpaired) electrons. The van der Waals surface area contributed by atoms with E-state index >= 15 is 0 Å². The second-order valence-electron chi connectivity index (χ2n) is 4.76. The molecular formula is C13H18N2O2. The predicted octanol–water partition coefficient (Wildman–Crippen LogP) is 2.14. The summed E-state index contributed by atoms with van der Waals surface area (Å²) in [5.74, 6) is 0.424. The van der Waals surface area contributed by atoms with E-state index in [1.807, 2.05) is 0 Å². The van der Waals surface area contributed by atoms with E-state index in [2.05, 4.69) is 4.98 Å². The van der Waals surface area contributed by atoms with Crippen LogP contribution in [0.1, 0.15) is 49.1 Å². The Balaban J connectivity index is 1.94. The SMILES string of the molecule is Cn1ccnc1C(=O)CC(=O)C1CCCCC1. The number of aryl methyl sites for hydroxylation is 1. The molecule has 17 heavy (non-hydrogen) atoms. The second-order valence-corrected chi connectivity index (χ2v) is 4.76. The maximum absolute atomic E-state index is 12.0.